The van der Waals surface area contributed by atoms with Gasteiger partial charge >= 0.3 is 5.97 Å². The Bertz CT molecular complexity index is 784. The zero-order valence-corrected chi connectivity index (χ0v) is 13.4. The first-order valence-corrected chi connectivity index (χ1v) is 7.94. The Balaban J connectivity index is 1.99. The Morgan fingerprint density at radius 2 is 2.00 bits per heavy atom. The molecule has 0 bridgehead atoms. The predicted octanol–water partition coefficient (Wildman–Crippen LogP) is 3.43. The Labute approximate surface area is 140 Å². The highest BCUT2D eigenvalue weighted by Crippen LogP contribution is 2.36. The van der Waals surface area contributed by atoms with Gasteiger partial charge in [-0.2, -0.15) is 0 Å². The van der Waals surface area contributed by atoms with E-state index in [-0.39, 0.29) is 5.91 Å². The molecule has 1 amide bonds. The molecule has 1 aromatic carbocycles. The maximum absolute atomic E-state index is 12.8. The van der Waals surface area contributed by atoms with Crippen LogP contribution in [0.4, 0.5) is 5.69 Å². The molecule has 0 atom stereocenters. The standard InChI is InChI=1S/C19H18N2O3/c1-2-3-11-24-18(22)12-17-16-13-20-10-9-15(16)19(23)21(17)14-7-5-4-6-8-14/h4-10,12-13H,2-3,11H2,1H3/b17-12+. The smallest absolute Gasteiger partial charge is 0.332 e. The Kier molecular flexibility index (Phi) is 4.70. The molecular weight excluding hydrogens is 304 g/mol. The number of carbonyl (C=O) groups excluding carboxylic acids is 2. The first-order chi connectivity index (χ1) is 11.7. The van der Waals surface area contributed by atoms with Gasteiger partial charge in [-0.05, 0) is 24.6 Å². The number of para-hydroxylation sites is 1. The second kappa shape index (κ2) is 7.08. The second-order valence-corrected chi connectivity index (χ2v) is 5.45. The third-order valence-electron chi connectivity index (χ3n) is 3.78. The van der Waals surface area contributed by atoms with Crippen molar-refractivity contribution >= 4 is 23.3 Å². The zero-order valence-electron chi connectivity index (χ0n) is 13.4. The second-order valence-electron chi connectivity index (χ2n) is 5.45. The molecule has 0 unspecified atom stereocenters. The summed E-state index contributed by atoms with van der Waals surface area (Å²) in [7, 11) is 0. The highest BCUT2D eigenvalue weighted by atomic mass is 16.5. The zero-order chi connectivity index (χ0) is 16.9. The van der Waals surface area contributed by atoms with Crippen LogP contribution in [0.2, 0.25) is 0 Å². The molecule has 24 heavy (non-hydrogen) atoms. The van der Waals surface area contributed by atoms with Gasteiger partial charge in [-0.3, -0.25) is 14.7 Å². The van der Waals surface area contributed by atoms with Crippen molar-refractivity contribution in [1.82, 2.24) is 4.98 Å². The van der Waals surface area contributed by atoms with Crippen LogP contribution in [-0.4, -0.2) is 23.5 Å². The van der Waals surface area contributed by atoms with Crippen molar-refractivity contribution < 1.29 is 14.3 Å². The van der Waals surface area contributed by atoms with Gasteiger partial charge in [-0.25, -0.2) is 4.79 Å². The fraction of sp³-hybridized carbons (Fsp3) is 0.211. The molecule has 2 heterocycles. The maximum atomic E-state index is 12.8. The van der Waals surface area contributed by atoms with Crippen LogP contribution in [-0.2, 0) is 9.53 Å². The van der Waals surface area contributed by atoms with Gasteiger partial charge in [-0.15, -0.1) is 0 Å². The minimum Gasteiger partial charge on any atom is -0.462 e. The van der Waals surface area contributed by atoms with E-state index in [1.54, 1.807) is 18.5 Å². The van der Waals surface area contributed by atoms with Gasteiger partial charge in [0.15, 0.2) is 0 Å². The SMILES string of the molecule is CCCCOC(=O)/C=C1\c2cnccc2C(=O)N1c1ccccc1. The first-order valence-electron chi connectivity index (χ1n) is 7.94. The number of ether oxygens (including phenoxy) is 1. The Morgan fingerprint density at radius 3 is 2.75 bits per heavy atom. The van der Waals surface area contributed by atoms with E-state index in [2.05, 4.69) is 4.98 Å². The lowest BCUT2D eigenvalue weighted by atomic mass is 10.1. The third kappa shape index (κ3) is 3.06. The number of aromatic nitrogens is 1. The lowest BCUT2D eigenvalue weighted by Gasteiger charge is -2.18. The van der Waals surface area contributed by atoms with Crippen molar-refractivity contribution in [2.75, 3.05) is 11.5 Å². The normalized spacial score (nSPS) is 14.8. The van der Waals surface area contributed by atoms with Crippen molar-refractivity contribution in [3.05, 3.63) is 66.0 Å². The summed E-state index contributed by atoms with van der Waals surface area (Å²) in [5.74, 6) is -0.630. The number of fused-ring (bicyclic) bond motifs is 1. The lowest BCUT2D eigenvalue weighted by molar-refractivity contribution is -0.137. The summed E-state index contributed by atoms with van der Waals surface area (Å²) in [4.78, 5) is 30.5. The van der Waals surface area contributed by atoms with Crippen LogP contribution < -0.4 is 4.90 Å². The Morgan fingerprint density at radius 1 is 1.21 bits per heavy atom. The molecule has 0 radical (unpaired) electrons. The molecule has 0 saturated heterocycles. The summed E-state index contributed by atoms with van der Waals surface area (Å²) >= 11 is 0. The van der Waals surface area contributed by atoms with Crippen molar-refractivity contribution in [3.8, 4) is 0 Å². The number of esters is 1. The number of nitrogens with zero attached hydrogens (tertiary/aromatic N) is 2. The fourth-order valence-electron chi connectivity index (χ4n) is 2.58. The van der Waals surface area contributed by atoms with Gasteiger partial charge in [0.05, 0.1) is 17.9 Å². The summed E-state index contributed by atoms with van der Waals surface area (Å²) < 4.78 is 5.21. The Hall–Kier alpha value is -2.95. The van der Waals surface area contributed by atoms with E-state index >= 15 is 0 Å². The van der Waals surface area contributed by atoms with Crippen LogP contribution >= 0.6 is 0 Å². The molecule has 0 spiro atoms. The third-order valence-corrected chi connectivity index (χ3v) is 3.78. The molecule has 0 N–H and O–H groups in total. The predicted molar refractivity (Wildman–Crippen MR) is 91.3 cm³/mol. The minimum atomic E-state index is -0.455. The van der Waals surface area contributed by atoms with Crippen LogP contribution in [0, 0.1) is 0 Å². The van der Waals surface area contributed by atoms with E-state index in [1.807, 2.05) is 37.3 Å². The van der Waals surface area contributed by atoms with Crippen LogP contribution in [0.3, 0.4) is 0 Å². The number of hydrogen-bond acceptors (Lipinski definition) is 4. The lowest BCUT2D eigenvalue weighted by Crippen LogP contribution is -2.23. The molecule has 1 aromatic heterocycles. The average Bonchev–Trinajstić information content (AvgIpc) is 2.88. The van der Waals surface area contributed by atoms with Crippen molar-refractivity contribution in [2.24, 2.45) is 0 Å². The highest BCUT2D eigenvalue weighted by Gasteiger charge is 2.34. The summed E-state index contributed by atoms with van der Waals surface area (Å²) in [5.41, 5.74) is 2.36. The fourth-order valence-corrected chi connectivity index (χ4v) is 2.58. The van der Waals surface area contributed by atoms with Gasteiger partial charge in [-0.1, -0.05) is 31.5 Å². The van der Waals surface area contributed by atoms with E-state index in [0.717, 1.165) is 12.8 Å². The number of pyridine rings is 1. The number of anilines is 1. The average molecular weight is 322 g/mol. The number of unbranched alkanes of at least 4 members (excludes halogenated alkanes) is 1. The van der Waals surface area contributed by atoms with E-state index in [9.17, 15) is 9.59 Å². The quantitative estimate of drug-likeness (QED) is 0.481. The van der Waals surface area contributed by atoms with Gasteiger partial charge < -0.3 is 4.74 Å². The molecule has 0 fully saturated rings. The molecular formula is C19H18N2O3. The molecule has 2 aromatic rings. The largest absolute Gasteiger partial charge is 0.462 e. The van der Waals surface area contributed by atoms with Gasteiger partial charge in [0.1, 0.15) is 0 Å². The molecule has 0 saturated carbocycles. The number of benzene rings is 1. The summed E-state index contributed by atoms with van der Waals surface area (Å²) in [5, 5.41) is 0. The monoisotopic (exact) mass is 322 g/mol. The maximum Gasteiger partial charge on any atom is 0.332 e. The van der Waals surface area contributed by atoms with Gasteiger partial charge in [0, 0.05) is 29.7 Å². The topological polar surface area (TPSA) is 59.5 Å². The van der Waals surface area contributed by atoms with Crippen LogP contribution in [0.1, 0.15) is 35.7 Å². The van der Waals surface area contributed by atoms with E-state index in [0.29, 0.717) is 29.1 Å². The number of hydrogen-bond donors (Lipinski definition) is 0. The van der Waals surface area contributed by atoms with Crippen molar-refractivity contribution in [1.29, 1.82) is 0 Å². The van der Waals surface area contributed by atoms with Crippen LogP contribution in [0.25, 0.3) is 5.70 Å². The van der Waals surface area contributed by atoms with E-state index < -0.39 is 5.97 Å². The highest BCUT2D eigenvalue weighted by molar-refractivity contribution is 6.23. The number of carbonyl (C=O) groups is 2. The molecule has 5 nitrogen and oxygen atoms in total. The summed E-state index contributed by atoms with van der Waals surface area (Å²) in [6.07, 6.45) is 6.30. The molecule has 122 valence electrons. The van der Waals surface area contributed by atoms with Crippen LogP contribution in [0.5, 0.6) is 0 Å². The molecule has 3 rings (SSSR count). The van der Waals surface area contributed by atoms with Crippen LogP contribution in [0.15, 0.2) is 54.9 Å². The van der Waals surface area contributed by atoms with Gasteiger partial charge in [0.2, 0.25) is 0 Å². The molecule has 1 aliphatic rings. The molecule has 1 aliphatic heterocycles. The first kappa shape index (κ1) is 15.9. The summed E-state index contributed by atoms with van der Waals surface area (Å²) in [6, 6.07) is 10.9. The van der Waals surface area contributed by atoms with E-state index in [1.165, 1.54) is 11.0 Å². The molecule has 0 aliphatic carbocycles. The van der Waals surface area contributed by atoms with E-state index in [4.69, 9.17) is 4.74 Å². The molecule has 5 heteroatoms. The van der Waals surface area contributed by atoms with Crippen molar-refractivity contribution in [2.45, 2.75) is 19.8 Å². The summed E-state index contributed by atoms with van der Waals surface area (Å²) in [6.45, 7) is 2.40. The number of amides is 1. The van der Waals surface area contributed by atoms with Crippen molar-refractivity contribution in [3.63, 3.8) is 0 Å². The minimum absolute atomic E-state index is 0.175. The van der Waals surface area contributed by atoms with Gasteiger partial charge in [0.25, 0.3) is 5.91 Å². The number of rotatable bonds is 5.